The van der Waals surface area contributed by atoms with E-state index in [1.807, 2.05) is 0 Å². The third kappa shape index (κ3) is 81.9. The number of rotatable bonds is 60. The highest BCUT2D eigenvalue weighted by Crippen LogP contribution is 2.37. The SMILES string of the molecule is CC(C)CC/C=C\CCCC(C)C.CC(C)CCCCCCC(=O)N1CCCC(C(C(C)C)C(C)C)C1.CC(C)CCCCCCCC(=O)OC(C)C(C(C)C)C(C)C.CC(C)CCCCCCCCCCC(C(C)C)C(C)(C)C.CC(C)CCCCCCCOC(=O)CC(C(C)C)C(C)C.CCCCCCCCC(C)C. The molecule has 1 heterocycles. The molecule has 0 aliphatic carbocycles. The standard InChI is InChI=1S/C22H43NO.C21H44.C20H40O2.C19H38O2.C13H26.C11H24/c1-17(2)12-9-7-8-10-14-21(24)23-15-11-13-20(16-23)22(18(3)4)19(5)6;1-18(2)16-14-12-10-8-9-11-13-15-17-20(19(3)4)21(5,6)7;1-15(2)13-11-9-8-10-12-14-19(21)22-18(7)20(16(3)4)17(5)6;1-15(2)12-10-8-7-9-11-13-21-19(20)14-18(16(3)4)17(5)6;1-12(2)10-8-6-5-7-9-11-13(3)4;1-4-5-6-7-8-9-10-11(2)3/h17-20,22H,7-16H2,1-6H3;18-20H,8-17H2,1-7H3;15-18,20H,8-14H2,1-7H3;15-18H,7-14H2,1-6H3;5-6,12-13H,7-11H2,1-4H3;11H,4-10H2,1-3H3/b;;;;6-5-;. The van der Waals surface area contributed by atoms with Crippen molar-refractivity contribution < 1.29 is 23.9 Å². The summed E-state index contributed by atoms with van der Waals surface area (Å²) < 4.78 is 11.0. The Morgan fingerprint density at radius 1 is 0.366 bits per heavy atom. The van der Waals surface area contributed by atoms with Crippen LogP contribution in [-0.2, 0) is 23.9 Å². The minimum absolute atomic E-state index is 0.0118. The Morgan fingerprint density at radius 3 is 1.07 bits per heavy atom. The summed E-state index contributed by atoms with van der Waals surface area (Å²) in [5.74, 6) is 14.0. The Kier molecular flexibility index (Phi) is 83.7. The van der Waals surface area contributed by atoms with Gasteiger partial charge in [0.15, 0.2) is 0 Å². The number of allylic oxidation sites excluding steroid dienone is 2. The van der Waals surface area contributed by atoms with E-state index in [-0.39, 0.29) is 18.0 Å². The molecule has 3 unspecified atom stereocenters. The number of carbonyl (C=O) groups is 3. The van der Waals surface area contributed by atoms with Gasteiger partial charge in [0.05, 0.1) is 6.61 Å². The number of hydrogen-bond acceptors (Lipinski definition) is 5. The van der Waals surface area contributed by atoms with E-state index in [9.17, 15) is 14.4 Å². The molecule has 674 valence electrons. The zero-order valence-electron chi connectivity index (χ0n) is 83.4. The highest BCUT2D eigenvalue weighted by molar-refractivity contribution is 5.76. The van der Waals surface area contributed by atoms with Crippen LogP contribution in [0.25, 0.3) is 0 Å². The quantitative estimate of drug-likeness (QED) is 0.0345. The average molecular weight is 1580 g/mol. The van der Waals surface area contributed by atoms with Crippen molar-refractivity contribution in [3.05, 3.63) is 12.2 Å². The minimum atomic E-state index is -0.0130. The number of amides is 1. The lowest BCUT2D eigenvalue weighted by molar-refractivity contribution is -0.153. The number of esters is 2. The Balaban J connectivity index is -0.000000416. The van der Waals surface area contributed by atoms with Crippen molar-refractivity contribution in [3.8, 4) is 0 Å². The van der Waals surface area contributed by atoms with Gasteiger partial charge in [0.2, 0.25) is 5.91 Å². The molecule has 0 aromatic heterocycles. The summed E-state index contributed by atoms with van der Waals surface area (Å²) in [6, 6.07) is 0. The van der Waals surface area contributed by atoms with Crippen LogP contribution >= 0.6 is 0 Å². The van der Waals surface area contributed by atoms with Crippen LogP contribution in [0, 0.1) is 118 Å². The maximum Gasteiger partial charge on any atom is 0.306 e. The molecule has 1 saturated heterocycles. The number of carbonyl (C=O) groups excluding carboxylic acids is 3. The second-order valence-corrected chi connectivity index (χ2v) is 42.4. The van der Waals surface area contributed by atoms with Gasteiger partial charge in [-0.15, -0.1) is 0 Å². The van der Waals surface area contributed by atoms with Gasteiger partial charge in [0.1, 0.15) is 6.10 Å². The first-order valence-corrected chi connectivity index (χ1v) is 49.8. The molecule has 112 heavy (non-hydrogen) atoms. The minimum Gasteiger partial charge on any atom is -0.466 e. The van der Waals surface area contributed by atoms with Crippen LogP contribution in [-0.4, -0.2) is 48.5 Å². The fourth-order valence-corrected chi connectivity index (χ4v) is 17.6. The smallest absolute Gasteiger partial charge is 0.306 e. The molecule has 1 aliphatic rings. The maximum atomic E-state index is 12.6. The van der Waals surface area contributed by atoms with Gasteiger partial charge in [-0.3, -0.25) is 14.4 Å². The topological polar surface area (TPSA) is 72.9 Å². The Morgan fingerprint density at radius 2 is 0.714 bits per heavy atom. The van der Waals surface area contributed by atoms with Gasteiger partial charge in [0, 0.05) is 38.3 Å². The van der Waals surface area contributed by atoms with Gasteiger partial charge >= 0.3 is 11.9 Å². The van der Waals surface area contributed by atoms with Gasteiger partial charge in [-0.2, -0.15) is 0 Å². The normalized spacial score (nSPS) is 14.1. The molecule has 1 rings (SSSR count). The van der Waals surface area contributed by atoms with Crippen LogP contribution in [0.2, 0.25) is 0 Å². The van der Waals surface area contributed by atoms with E-state index in [2.05, 4.69) is 246 Å². The molecular formula is C106H215NO5. The first-order chi connectivity index (χ1) is 52.6. The lowest BCUT2D eigenvalue weighted by Gasteiger charge is -2.40. The summed E-state index contributed by atoms with van der Waals surface area (Å²) in [4.78, 5) is 38.6. The molecule has 3 atom stereocenters. The van der Waals surface area contributed by atoms with Gasteiger partial charge < -0.3 is 14.4 Å². The van der Waals surface area contributed by atoms with Crippen molar-refractivity contribution in [2.24, 2.45) is 118 Å². The van der Waals surface area contributed by atoms with Crippen LogP contribution < -0.4 is 0 Å². The summed E-state index contributed by atoms with van der Waals surface area (Å²) >= 11 is 0. The second-order valence-electron chi connectivity index (χ2n) is 42.4. The summed E-state index contributed by atoms with van der Waals surface area (Å²) in [5.41, 5.74) is 0.477. The summed E-state index contributed by atoms with van der Waals surface area (Å²) in [6.07, 6.45) is 61.3. The molecule has 1 fully saturated rings. The molecule has 6 nitrogen and oxygen atoms in total. The van der Waals surface area contributed by atoms with Crippen molar-refractivity contribution in [3.63, 3.8) is 0 Å². The predicted octanol–water partition coefficient (Wildman–Crippen LogP) is 35.3. The third-order valence-electron chi connectivity index (χ3n) is 24.0. The van der Waals surface area contributed by atoms with E-state index < -0.39 is 0 Å². The highest BCUT2D eigenvalue weighted by atomic mass is 16.5. The van der Waals surface area contributed by atoms with E-state index in [0.717, 1.165) is 104 Å². The molecule has 0 saturated carbocycles. The van der Waals surface area contributed by atoms with Crippen LogP contribution in [0.5, 0.6) is 0 Å². The molecule has 0 N–H and O–H groups in total. The Hall–Kier alpha value is -1.85. The number of unbranched alkanes of at least 4 members (excludes halogenated alkanes) is 24. The average Bonchev–Trinajstić information content (AvgIpc) is 0.934. The monoisotopic (exact) mass is 1580 g/mol. The first kappa shape index (κ1) is 119. The lowest BCUT2D eigenvalue weighted by Crippen LogP contribution is -2.44. The Labute approximate surface area is 709 Å². The summed E-state index contributed by atoms with van der Waals surface area (Å²) in [7, 11) is 0. The fraction of sp³-hybridized carbons (Fsp3) is 0.953. The number of hydrogen-bond donors (Lipinski definition) is 0. The number of nitrogens with zero attached hydrogens (tertiary/aromatic N) is 1. The number of likely N-dealkylation sites (tertiary alicyclic amines) is 1. The van der Waals surface area contributed by atoms with Crippen molar-refractivity contribution in [1.29, 1.82) is 0 Å². The molecule has 1 amide bonds. The second kappa shape index (κ2) is 79.0. The van der Waals surface area contributed by atoms with E-state index in [1.54, 1.807) is 0 Å². The van der Waals surface area contributed by atoms with Crippen LogP contribution in [0.3, 0.4) is 0 Å². The molecular weight excluding hydrogens is 1370 g/mol. The number of piperidine rings is 1. The van der Waals surface area contributed by atoms with Gasteiger partial charge in [-0.05, 0) is 183 Å². The molecule has 1 aliphatic heterocycles. The van der Waals surface area contributed by atoms with E-state index in [0.29, 0.717) is 84.0 Å². The third-order valence-corrected chi connectivity index (χ3v) is 24.0. The van der Waals surface area contributed by atoms with Crippen LogP contribution in [0.15, 0.2) is 12.2 Å². The van der Waals surface area contributed by atoms with Gasteiger partial charge in [-0.1, -0.05) is 433 Å². The maximum absolute atomic E-state index is 12.6. The van der Waals surface area contributed by atoms with E-state index in [1.165, 1.54) is 238 Å². The summed E-state index contributed by atoms with van der Waals surface area (Å²) in [5, 5.41) is 0. The fourth-order valence-electron chi connectivity index (χ4n) is 17.6. The predicted molar refractivity (Wildman–Crippen MR) is 506 cm³/mol. The zero-order chi connectivity index (χ0) is 86.4. The van der Waals surface area contributed by atoms with Crippen LogP contribution in [0.1, 0.15) is 511 Å². The van der Waals surface area contributed by atoms with Crippen molar-refractivity contribution >= 4 is 17.8 Å². The number of ether oxygens (including phenoxy) is 2. The Bertz CT molecular complexity index is 1970. The van der Waals surface area contributed by atoms with E-state index in [4.69, 9.17) is 9.47 Å². The molecule has 0 aromatic carbocycles. The van der Waals surface area contributed by atoms with Gasteiger partial charge in [-0.25, -0.2) is 0 Å². The first-order valence-electron chi connectivity index (χ1n) is 49.8. The molecule has 0 spiro atoms. The molecule has 0 bridgehead atoms. The lowest BCUT2D eigenvalue weighted by atomic mass is 9.72. The van der Waals surface area contributed by atoms with Crippen molar-refractivity contribution in [1.82, 2.24) is 4.90 Å². The molecule has 0 radical (unpaired) electrons. The van der Waals surface area contributed by atoms with Crippen LogP contribution in [0.4, 0.5) is 0 Å². The van der Waals surface area contributed by atoms with Crippen molar-refractivity contribution in [2.45, 2.75) is 517 Å². The largest absolute Gasteiger partial charge is 0.466 e. The highest BCUT2D eigenvalue weighted by Gasteiger charge is 2.33. The molecule has 0 aromatic rings. The summed E-state index contributed by atoms with van der Waals surface area (Å²) in [6.45, 7) is 78.1. The van der Waals surface area contributed by atoms with Crippen molar-refractivity contribution in [2.75, 3.05) is 19.7 Å². The zero-order valence-corrected chi connectivity index (χ0v) is 83.4. The van der Waals surface area contributed by atoms with Gasteiger partial charge in [0.25, 0.3) is 0 Å². The van der Waals surface area contributed by atoms with E-state index >= 15 is 0 Å². The molecule has 6 heteroatoms.